The number of nitrogens with one attached hydrogen (secondary N) is 1. The van der Waals surface area contributed by atoms with Gasteiger partial charge in [0.1, 0.15) is 4.90 Å². The average molecular weight is 367 g/mol. The number of alkyl halides is 3. The second kappa shape index (κ2) is 6.70. The molecule has 3 N–H and O–H groups in total. The summed E-state index contributed by atoms with van der Waals surface area (Å²) >= 11 is 5.66. The van der Waals surface area contributed by atoms with Crippen LogP contribution in [0.3, 0.4) is 0 Å². The van der Waals surface area contributed by atoms with Crippen LogP contribution < -0.4 is 10.5 Å². The minimum absolute atomic E-state index is 0. The van der Waals surface area contributed by atoms with Crippen molar-refractivity contribution in [2.45, 2.75) is 30.5 Å². The summed E-state index contributed by atoms with van der Waals surface area (Å²) in [5.41, 5.74) is 3.68. The number of hydrogen-bond donors (Lipinski definition) is 2. The summed E-state index contributed by atoms with van der Waals surface area (Å²) < 4.78 is 63.8. The molecule has 0 heterocycles. The Bertz CT molecular complexity index is 598. The van der Waals surface area contributed by atoms with Gasteiger partial charge in [-0.05, 0) is 32.0 Å². The van der Waals surface area contributed by atoms with Crippen molar-refractivity contribution in [1.82, 2.24) is 4.72 Å². The minimum Gasteiger partial charge on any atom is -0.324 e. The summed E-state index contributed by atoms with van der Waals surface area (Å²) in [6.45, 7) is 3.01. The third-order valence-corrected chi connectivity index (χ3v) is 4.15. The number of rotatable bonds is 4. The molecule has 0 fully saturated rings. The zero-order chi connectivity index (χ0) is 15.8. The molecule has 10 heteroatoms. The maximum atomic E-state index is 12.6. The van der Waals surface area contributed by atoms with Crippen LogP contribution in [0.2, 0.25) is 5.02 Å². The van der Waals surface area contributed by atoms with Crippen molar-refractivity contribution in [3.63, 3.8) is 0 Å². The molecule has 0 amide bonds. The van der Waals surface area contributed by atoms with E-state index in [0.29, 0.717) is 12.1 Å². The fraction of sp³-hybridized carbons (Fsp3) is 0.455. The standard InChI is InChI=1S/C11H14ClF3N2O2S.ClH/c1-10(2,16)6-17-20(18,19)9-5-7(11(13,14)15)3-4-8(9)12;/h3-5,17H,6,16H2,1-2H3;1H. The Kier molecular flexibility index (Phi) is 6.53. The highest BCUT2D eigenvalue weighted by atomic mass is 35.5. The molecule has 0 radical (unpaired) electrons. The van der Waals surface area contributed by atoms with Gasteiger partial charge in [-0.15, -0.1) is 12.4 Å². The lowest BCUT2D eigenvalue weighted by Crippen LogP contribution is -2.45. The molecule has 0 aliphatic heterocycles. The van der Waals surface area contributed by atoms with Gasteiger partial charge in [0.15, 0.2) is 0 Å². The topological polar surface area (TPSA) is 72.2 Å². The Labute approximate surface area is 132 Å². The molecule has 0 spiro atoms. The normalized spacial score (nSPS) is 12.9. The van der Waals surface area contributed by atoms with E-state index in [1.54, 1.807) is 13.8 Å². The maximum absolute atomic E-state index is 12.6. The van der Waals surface area contributed by atoms with Gasteiger partial charge in [-0.3, -0.25) is 0 Å². The smallest absolute Gasteiger partial charge is 0.324 e. The summed E-state index contributed by atoms with van der Waals surface area (Å²) in [6.07, 6.45) is -4.65. The highest BCUT2D eigenvalue weighted by molar-refractivity contribution is 7.89. The quantitative estimate of drug-likeness (QED) is 0.860. The second-order valence-electron chi connectivity index (χ2n) is 4.96. The molecular formula is C11H15Cl2F3N2O2S. The fourth-order valence-corrected chi connectivity index (χ4v) is 2.99. The summed E-state index contributed by atoms with van der Waals surface area (Å²) in [6, 6.07) is 2.11. The van der Waals surface area contributed by atoms with E-state index in [4.69, 9.17) is 17.3 Å². The van der Waals surface area contributed by atoms with E-state index in [9.17, 15) is 21.6 Å². The molecular weight excluding hydrogens is 352 g/mol. The Hall–Kier alpha value is -0.540. The third-order valence-electron chi connectivity index (χ3n) is 2.27. The van der Waals surface area contributed by atoms with Crippen LogP contribution in [0.1, 0.15) is 19.4 Å². The Morgan fingerprint density at radius 2 is 1.81 bits per heavy atom. The van der Waals surface area contributed by atoms with Gasteiger partial charge in [-0.2, -0.15) is 13.2 Å². The van der Waals surface area contributed by atoms with Gasteiger partial charge in [0.25, 0.3) is 0 Å². The predicted octanol–water partition coefficient (Wildman–Crippen LogP) is 2.80. The summed E-state index contributed by atoms with van der Waals surface area (Å²) in [4.78, 5) is -0.627. The van der Waals surface area contributed by atoms with Gasteiger partial charge in [-0.25, -0.2) is 13.1 Å². The van der Waals surface area contributed by atoms with Crippen molar-refractivity contribution >= 4 is 34.0 Å². The monoisotopic (exact) mass is 366 g/mol. The van der Waals surface area contributed by atoms with Crippen molar-refractivity contribution in [3.8, 4) is 0 Å². The van der Waals surface area contributed by atoms with Crippen LogP contribution in [0, 0.1) is 0 Å². The molecule has 122 valence electrons. The van der Waals surface area contributed by atoms with Crippen LogP contribution in [0.25, 0.3) is 0 Å². The fourth-order valence-electron chi connectivity index (χ4n) is 1.24. The average Bonchev–Trinajstić information content (AvgIpc) is 2.24. The number of nitrogens with two attached hydrogens (primary N) is 1. The lowest BCUT2D eigenvalue weighted by atomic mass is 10.1. The van der Waals surface area contributed by atoms with Crippen LogP contribution in [0.4, 0.5) is 13.2 Å². The maximum Gasteiger partial charge on any atom is 0.416 e. The summed E-state index contributed by atoms with van der Waals surface area (Å²) in [5, 5.41) is -0.291. The van der Waals surface area contributed by atoms with Gasteiger partial charge in [0.2, 0.25) is 10.0 Å². The minimum atomic E-state index is -4.65. The molecule has 0 saturated heterocycles. The van der Waals surface area contributed by atoms with E-state index in [1.807, 2.05) is 0 Å². The Morgan fingerprint density at radius 1 is 1.29 bits per heavy atom. The molecule has 1 aromatic rings. The van der Waals surface area contributed by atoms with Crippen LogP contribution in [0.15, 0.2) is 23.1 Å². The SMILES string of the molecule is CC(C)(N)CNS(=O)(=O)c1cc(C(F)(F)F)ccc1Cl.Cl. The molecule has 0 aliphatic carbocycles. The first-order chi connectivity index (χ1) is 8.83. The van der Waals surface area contributed by atoms with E-state index >= 15 is 0 Å². The first-order valence-electron chi connectivity index (χ1n) is 5.48. The van der Waals surface area contributed by atoms with Crippen LogP contribution in [-0.4, -0.2) is 20.5 Å². The largest absolute Gasteiger partial charge is 0.416 e. The van der Waals surface area contributed by atoms with Crippen molar-refractivity contribution in [2.24, 2.45) is 5.73 Å². The van der Waals surface area contributed by atoms with Gasteiger partial charge >= 0.3 is 6.18 Å². The van der Waals surface area contributed by atoms with Gasteiger partial charge in [0.05, 0.1) is 10.6 Å². The number of halogens is 5. The number of sulfonamides is 1. The molecule has 0 aromatic heterocycles. The highest BCUT2D eigenvalue weighted by Gasteiger charge is 2.33. The molecule has 0 unspecified atom stereocenters. The van der Waals surface area contributed by atoms with Crippen LogP contribution >= 0.6 is 24.0 Å². The molecule has 21 heavy (non-hydrogen) atoms. The zero-order valence-corrected chi connectivity index (χ0v) is 13.6. The van der Waals surface area contributed by atoms with E-state index in [-0.39, 0.29) is 24.0 Å². The molecule has 1 aromatic carbocycles. The number of benzene rings is 1. The van der Waals surface area contributed by atoms with Gasteiger partial charge in [0, 0.05) is 12.1 Å². The lowest BCUT2D eigenvalue weighted by molar-refractivity contribution is -0.137. The molecule has 0 atom stereocenters. The first-order valence-corrected chi connectivity index (χ1v) is 7.34. The van der Waals surface area contributed by atoms with Crippen LogP contribution in [0.5, 0.6) is 0 Å². The zero-order valence-electron chi connectivity index (χ0n) is 11.2. The van der Waals surface area contributed by atoms with Crippen molar-refractivity contribution in [2.75, 3.05) is 6.54 Å². The van der Waals surface area contributed by atoms with Gasteiger partial charge in [-0.1, -0.05) is 11.6 Å². The molecule has 0 bridgehead atoms. The molecule has 0 saturated carbocycles. The van der Waals surface area contributed by atoms with Crippen molar-refractivity contribution in [1.29, 1.82) is 0 Å². The van der Waals surface area contributed by atoms with Crippen LogP contribution in [-0.2, 0) is 16.2 Å². The first kappa shape index (κ1) is 20.5. The van der Waals surface area contributed by atoms with Crippen molar-refractivity contribution < 1.29 is 21.6 Å². The van der Waals surface area contributed by atoms with E-state index in [0.717, 1.165) is 6.07 Å². The van der Waals surface area contributed by atoms with E-state index < -0.39 is 32.2 Å². The highest BCUT2D eigenvalue weighted by Crippen LogP contribution is 2.33. The lowest BCUT2D eigenvalue weighted by Gasteiger charge is -2.19. The predicted molar refractivity (Wildman–Crippen MR) is 77.2 cm³/mol. The third kappa shape index (κ3) is 5.99. The van der Waals surface area contributed by atoms with Gasteiger partial charge < -0.3 is 5.73 Å². The second-order valence-corrected chi connectivity index (χ2v) is 7.10. The molecule has 1 rings (SSSR count). The molecule has 4 nitrogen and oxygen atoms in total. The number of hydrogen-bond acceptors (Lipinski definition) is 3. The molecule has 0 aliphatic rings. The summed E-state index contributed by atoms with van der Waals surface area (Å²) in [7, 11) is -4.17. The van der Waals surface area contributed by atoms with E-state index in [2.05, 4.69) is 4.72 Å². The Morgan fingerprint density at radius 3 is 2.24 bits per heavy atom. The van der Waals surface area contributed by atoms with Crippen molar-refractivity contribution in [3.05, 3.63) is 28.8 Å². The van der Waals surface area contributed by atoms with E-state index in [1.165, 1.54) is 0 Å². The summed E-state index contributed by atoms with van der Waals surface area (Å²) in [5.74, 6) is 0. The Balaban J connectivity index is 0.00000400.